The number of halogens is 1. The summed E-state index contributed by atoms with van der Waals surface area (Å²) in [4.78, 5) is 12.3. The van der Waals surface area contributed by atoms with Gasteiger partial charge in [0.2, 0.25) is 15.9 Å². The molecule has 1 aliphatic heterocycles. The van der Waals surface area contributed by atoms with Crippen LogP contribution in [0.4, 0.5) is 10.1 Å². The highest BCUT2D eigenvalue weighted by molar-refractivity contribution is 7.89. The molecule has 0 bridgehead atoms. The third-order valence-corrected chi connectivity index (χ3v) is 7.03. The summed E-state index contributed by atoms with van der Waals surface area (Å²) in [6, 6.07) is 12.8. The van der Waals surface area contributed by atoms with Crippen molar-refractivity contribution in [3.8, 4) is 0 Å². The molecule has 162 valence electrons. The lowest BCUT2D eigenvalue weighted by Gasteiger charge is -2.20. The normalized spacial score (nSPS) is 15.4. The van der Waals surface area contributed by atoms with Gasteiger partial charge in [0.15, 0.2) is 0 Å². The smallest absolute Gasteiger partial charge is 0.243 e. The molecule has 2 aromatic rings. The van der Waals surface area contributed by atoms with Crippen molar-refractivity contribution in [1.82, 2.24) is 9.62 Å². The highest BCUT2D eigenvalue weighted by atomic mass is 32.2. The van der Waals surface area contributed by atoms with Gasteiger partial charge >= 0.3 is 0 Å². The number of anilines is 1. The minimum atomic E-state index is -3.53. The van der Waals surface area contributed by atoms with Gasteiger partial charge < -0.3 is 10.6 Å². The third-order valence-electron chi connectivity index (χ3n) is 5.14. The molecule has 0 saturated carbocycles. The first kappa shape index (κ1) is 22.2. The van der Waals surface area contributed by atoms with Gasteiger partial charge in [0, 0.05) is 25.3 Å². The predicted molar refractivity (Wildman–Crippen MR) is 115 cm³/mol. The van der Waals surface area contributed by atoms with E-state index in [4.69, 9.17) is 0 Å². The van der Waals surface area contributed by atoms with Crippen LogP contribution < -0.4 is 10.6 Å². The number of hydrogen-bond donors (Lipinski definition) is 2. The van der Waals surface area contributed by atoms with Gasteiger partial charge in [-0.1, -0.05) is 31.0 Å². The van der Waals surface area contributed by atoms with Crippen molar-refractivity contribution >= 4 is 21.6 Å². The molecule has 1 fully saturated rings. The molecule has 1 aliphatic rings. The summed E-state index contributed by atoms with van der Waals surface area (Å²) < 4.78 is 40.3. The first-order valence-electron chi connectivity index (χ1n) is 10.3. The summed E-state index contributed by atoms with van der Waals surface area (Å²) in [5.41, 5.74) is 1.52. The lowest BCUT2D eigenvalue weighted by Crippen LogP contribution is -2.32. The number of rotatable bonds is 8. The lowest BCUT2D eigenvalue weighted by molar-refractivity contribution is -0.119. The van der Waals surface area contributed by atoms with Crippen molar-refractivity contribution in [3.05, 3.63) is 59.9 Å². The Hall–Kier alpha value is -2.45. The van der Waals surface area contributed by atoms with Crippen LogP contribution in [0.1, 0.15) is 31.2 Å². The van der Waals surface area contributed by atoms with E-state index >= 15 is 0 Å². The summed E-state index contributed by atoms with van der Waals surface area (Å²) in [6.07, 6.45) is 4.49. The first-order chi connectivity index (χ1) is 14.4. The van der Waals surface area contributed by atoms with E-state index in [9.17, 15) is 17.6 Å². The maximum Gasteiger partial charge on any atom is 0.243 e. The van der Waals surface area contributed by atoms with Crippen molar-refractivity contribution in [1.29, 1.82) is 0 Å². The van der Waals surface area contributed by atoms with E-state index in [0.29, 0.717) is 31.7 Å². The fourth-order valence-electron chi connectivity index (χ4n) is 3.44. The van der Waals surface area contributed by atoms with Crippen LogP contribution in [-0.2, 0) is 21.2 Å². The molecule has 1 amide bonds. The minimum absolute atomic E-state index is 0.0383. The van der Waals surface area contributed by atoms with E-state index in [1.165, 1.54) is 12.1 Å². The molecule has 30 heavy (non-hydrogen) atoms. The molecular weight excluding hydrogens is 405 g/mol. The molecular formula is C22H28FN3O3S. The van der Waals surface area contributed by atoms with E-state index in [-0.39, 0.29) is 23.2 Å². The van der Waals surface area contributed by atoms with Gasteiger partial charge in [0.05, 0.1) is 11.4 Å². The fourth-order valence-corrected chi connectivity index (χ4v) is 5.00. The summed E-state index contributed by atoms with van der Waals surface area (Å²) in [5.74, 6) is -0.482. The van der Waals surface area contributed by atoms with Crippen LogP contribution >= 0.6 is 0 Å². The SMILES string of the molecule is O=C(CNc1cccc(S(=O)(=O)N2CCCCCC2)c1)NCCc1ccc(F)cc1. The zero-order valence-electron chi connectivity index (χ0n) is 16.9. The van der Waals surface area contributed by atoms with Gasteiger partial charge in [0.1, 0.15) is 5.82 Å². The van der Waals surface area contributed by atoms with Crippen molar-refractivity contribution in [2.45, 2.75) is 37.0 Å². The minimum Gasteiger partial charge on any atom is -0.376 e. The molecule has 0 spiro atoms. The summed E-state index contributed by atoms with van der Waals surface area (Å²) in [7, 11) is -3.53. The van der Waals surface area contributed by atoms with Crippen LogP contribution in [0.25, 0.3) is 0 Å². The molecule has 0 unspecified atom stereocenters. The van der Waals surface area contributed by atoms with Gasteiger partial charge in [-0.3, -0.25) is 4.79 Å². The van der Waals surface area contributed by atoms with Gasteiger partial charge in [-0.25, -0.2) is 12.8 Å². The highest BCUT2D eigenvalue weighted by Gasteiger charge is 2.25. The number of hydrogen-bond acceptors (Lipinski definition) is 4. The second-order valence-electron chi connectivity index (χ2n) is 7.43. The van der Waals surface area contributed by atoms with E-state index in [0.717, 1.165) is 31.2 Å². The Labute approximate surface area is 177 Å². The molecule has 0 aromatic heterocycles. The van der Waals surface area contributed by atoms with Crippen molar-refractivity contribution < 1.29 is 17.6 Å². The second kappa shape index (κ2) is 10.5. The Morgan fingerprint density at radius 1 is 1.00 bits per heavy atom. The van der Waals surface area contributed by atoms with E-state index in [2.05, 4.69) is 10.6 Å². The lowest BCUT2D eigenvalue weighted by atomic mass is 10.1. The standard InChI is InChI=1S/C22H28FN3O3S/c23-19-10-8-18(9-11-19)12-13-24-22(27)17-25-20-6-5-7-21(16-20)30(28,29)26-14-3-1-2-4-15-26/h5-11,16,25H,1-4,12-15,17H2,(H,24,27). The Morgan fingerprint density at radius 2 is 1.70 bits per heavy atom. The van der Waals surface area contributed by atoms with E-state index in [1.54, 1.807) is 40.7 Å². The van der Waals surface area contributed by atoms with Gasteiger partial charge in [-0.05, 0) is 55.2 Å². The zero-order chi connectivity index (χ0) is 21.4. The maximum absolute atomic E-state index is 12.9. The number of sulfonamides is 1. The van der Waals surface area contributed by atoms with Gasteiger partial charge in [-0.2, -0.15) is 4.31 Å². The Balaban J connectivity index is 1.50. The van der Waals surface area contributed by atoms with Crippen LogP contribution in [0.2, 0.25) is 0 Å². The molecule has 8 heteroatoms. The Bertz CT molecular complexity index is 940. The quantitative estimate of drug-likeness (QED) is 0.670. The van der Waals surface area contributed by atoms with Crippen LogP contribution in [-0.4, -0.2) is 44.8 Å². The summed E-state index contributed by atoms with van der Waals surface area (Å²) in [6.45, 7) is 1.58. The molecule has 2 aromatic carbocycles. The van der Waals surface area contributed by atoms with Crippen LogP contribution in [0, 0.1) is 5.82 Å². The monoisotopic (exact) mass is 433 g/mol. The maximum atomic E-state index is 12.9. The molecule has 1 heterocycles. The number of carbonyl (C=O) groups is 1. The molecule has 1 saturated heterocycles. The second-order valence-corrected chi connectivity index (χ2v) is 9.36. The molecule has 2 N–H and O–H groups in total. The van der Waals surface area contributed by atoms with Crippen LogP contribution in [0.3, 0.4) is 0 Å². The topological polar surface area (TPSA) is 78.5 Å². The molecule has 6 nitrogen and oxygen atoms in total. The number of benzene rings is 2. The van der Waals surface area contributed by atoms with Crippen molar-refractivity contribution in [3.63, 3.8) is 0 Å². The molecule has 0 aliphatic carbocycles. The van der Waals surface area contributed by atoms with Crippen molar-refractivity contribution in [2.75, 3.05) is 31.5 Å². The Kier molecular flexibility index (Phi) is 7.81. The molecule has 3 rings (SSSR count). The third kappa shape index (κ3) is 6.27. The number of amides is 1. The predicted octanol–water partition coefficient (Wildman–Crippen LogP) is 3.16. The number of carbonyl (C=O) groups excluding carboxylic acids is 1. The average Bonchev–Trinajstić information content (AvgIpc) is 3.04. The fraction of sp³-hybridized carbons (Fsp3) is 0.409. The zero-order valence-corrected chi connectivity index (χ0v) is 17.8. The molecule has 0 atom stereocenters. The average molecular weight is 434 g/mol. The summed E-state index contributed by atoms with van der Waals surface area (Å²) in [5, 5.41) is 5.78. The van der Waals surface area contributed by atoms with E-state index < -0.39 is 10.0 Å². The van der Waals surface area contributed by atoms with Crippen molar-refractivity contribution in [2.24, 2.45) is 0 Å². The highest BCUT2D eigenvalue weighted by Crippen LogP contribution is 2.22. The first-order valence-corrected chi connectivity index (χ1v) is 11.7. The molecule has 0 radical (unpaired) electrons. The Morgan fingerprint density at radius 3 is 2.40 bits per heavy atom. The summed E-state index contributed by atoms with van der Waals surface area (Å²) >= 11 is 0. The number of nitrogens with one attached hydrogen (secondary N) is 2. The van der Waals surface area contributed by atoms with Crippen LogP contribution in [0.15, 0.2) is 53.4 Å². The van der Waals surface area contributed by atoms with Crippen LogP contribution in [0.5, 0.6) is 0 Å². The largest absolute Gasteiger partial charge is 0.376 e. The number of nitrogens with zero attached hydrogens (tertiary/aromatic N) is 1. The van der Waals surface area contributed by atoms with E-state index in [1.807, 2.05) is 0 Å². The van der Waals surface area contributed by atoms with Gasteiger partial charge in [0.25, 0.3) is 0 Å². The van der Waals surface area contributed by atoms with Gasteiger partial charge in [-0.15, -0.1) is 0 Å².